The van der Waals surface area contributed by atoms with Crippen LogP contribution in [0.3, 0.4) is 0 Å². The van der Waals surface area contributed by atoms with Crippen LogP contribution in [0.15, 0.2) is 34.1 Å². The Morgan fingerprint density at radius 3 is 2.72 bits per heavy atom. The van der Waals surface area contributed by atoms with E-state index in [0.29, 0.717) is 0 Å². The third kappa shape index (κ3) is 3.19. The quantitative estimate of drug-likeness (QED) is 0.874. The van der Waals surface area contributed by atoms with Gasteiger partial charge in [-0.3, -0.25) is 0 Å². The molecule has 1 N–H and O–H groups in total. The molecule has 1 aromatic heterocycles. The highest BCUT2D eigenvalue weighted by molar-refractivity contribution is 9.11. The minimum atomic E-state index is -0.175. The van der Waals surface area contributed by atoms with E-state index >= 15 is 0 Å². The fraction of sp³-hybridized carbons (Fsp3) is 0.286. The standard InChI is InChI=1S/C14H15BrFNS/c1-9-6-13(18-14(9)15)12(17-2)8-10-4-3-5-11(16)7-10/h3-7,12,17H,8H2,1-2H3. The molecule has 96 valence electrons. The van der Waals surface area contributed by atoms with Gasteiger partial charge in [0.15, 0.2) is 0 Å². The highest BCUT2D eigenvalue weighted by atomic mass is 79.9. The van der Waals surface area contributed by atoms with Crippen molar-refractivity contribution < 1.29 is 4.39 Å². The predicted molar refractivity (Wildman–Crippen MR) is 78.7 cm³/mol. The summed E-state index contributed by atoms with van der Waals surface area (Å²) in [6.45, 7) is 2.08. The fourth-order valence-corrected chi connectivity index (χ4v) is 3.58. The Morgan fingerprint density at radius 1 is 1.39 bits per heavy atom. The third-order valence-corrected chi connectivity index (χ3v) is 5.15. The molecule has 1 nitrogen and oxygen atoms in total. The van der Waals surface area contributed by atoms with Crippen LogP contribution in [0.25, 0.3) is 0 Å². The Morgan fingerprint density at radius 2 is 2.17 bits per heavy atom. The van der Waals surface area contributed by atoms with Crippen LogP contribution in [-0.4, -0.2) is 7.05 Å². The van der Waals surface area contributed by atoms with Gasteiger partial charge in [-0.1, -0.05) is 12.1 Å². The van der Waals surface area contributed by atoms with Gasteiger partial charge in [-0.2, -0.15) is 0 Å². The lowest BCUT2D eigenvalue weighted by atomic mass is 10.0. The molecule has 0 fully saturated rings. The molecule has 0 saturated carbocycles. The van der Waals surface area contributed by atoms with Crippen LogP contribution in [0.4, 0.5) is 4.39 Å². The van der Waals surface area contributed by atoms with Gasteiger partial charge in [0.2, 0.25) is 0 Å². The Kier molecular flexibility index (Phi) is 4.54. The molecule has 4 heteroatoms. The molecule has 0 spiro atoms. The second kappa shape index (κ2) is 5.95. The normalized spacial score (nSPS) is 12.7. The molecule has 0 aliphatic heterocycles. The molecule has 1 atom stereocenters. The Balaban J connectivity index is 2.19. The molecular formula is C14H15BrFNS. The Hall–Kier alpha value is -0.710. The summed E-state index contributed by atoms with van der Waals surface area (Å²) >= 11 is 5.27. The lowest BCUT2D eigenvalue weighted by Gasteiger charge is -2.14. The summed E-state index contributed by atoms with van der Waals surface area (Å²) in [5.41, 5.74) is 2.26. The maximum atomic E-state index is 13.2. The first-order valence-corrected chi connectivity index (χ1v) is 7.38. The maximum Gasteiger partial charge on any atom is 0.123 e. The molecular weight excluding hydrogens is 313 g/mol. The van der Waals surface area contributed by atoms with E-state index in [1.807, 2.05) is 13.1 Å². The van der Waals surface area contributed by atoms with Crippen LogP contribution in [-0.2, 0) is 6.42 Å². The monoisotopic (exact) mass is 327 g/mol. The Bertz CT molecular complexity index is 519. The number of rotatable bonds is 4. The molecule has 2 aromatic rings. The second-order valence-corrected chi connectivity index (χ2v) is 6.68. The van der Waals surface area contributed by atoms with Gasteiger partial charge < -0.3 is 5.32 Å². The number of likely N-dealkylation sites (N-methyl/N-ethyl adjacent to an activating group) is 1. The first-order valence-electron chi connectivity index (χ1n) is 5.77. The van der Waals surface area contributed by atoms with Crippen molar-refractivity contribution in [1.29, 1.82) is 0 Å². The van der Waals surface area contributed by atoms with Crippen molar-refractivity contribution in [2.45, 2.75) is 19.4 Å². The SMILES string of the molecule is CNC(Cc1cccc(F)c1)c1cc(C)c(Br)s1. The highest BCUT2D eigenvalue weighted by Gasteiger charge is 2.14. The minimum absolute atomic E-state index is 0.175. The van der Waals surface area contributed by atoms with Crippen molar-refractivity contribution in [2.24, 2.45) is 0 Å². The van der Waals surface area contributed by atoms with Crippen molar-refractivity contribution in [3.63, 3.8) is 0 Å². The van der Waals surface area contributed by atoms with Gasteiger partial charge in [0.25, 0.3) is 0 Å². The van der Waals surface area contributed by atoms with E-state index < -0.39 is 0 Å². The fourth-order valence-electron chi connectivity index (χ4n) is 1.90. The molecule has 1 aromatic carbocycles. The lowest BCUT2D eigenvalue weighted by molar-refractivity contribution is 0.592. The zero-order chi connectivity index (χ0) is 13.1. The number of hydrogen-bond acceptors (Lipinski definition) is 2. The van der Waals surface area contributed by atoms with Crippen LogP contribution < -0.4 is 5.32 Å². The average Bonchev–Trinajstić information content (AvgIpc) is 2.66. The highest BCUT2D eigenvalue weighted by Crippen LogP contribution is 2.32. The number of halogens is 2. The topological polar surface area (TPSA) is 12.0 Å². The van der Waals surface area contributed by atoms with Gasteiger partial charge in [0.1, 0.15) is 5.82 Å². The zero-order valence-electron chi connectivity index (χ0n) is 10.3. The summed E-state index contributed by atoms with van der Waals surface area (Å²) in [5.74, 6) is -0.175. The van der Waals surface area contributed by atoms with Crippen molar-refractivity contribution in [3.8, 4) is 0 Å². The first-order chi connectivity index (χ1) is 8.60. The van der Waals surface area contributed by atoms with Gasteiger partial charge in [-0.25, -0.2) is 4.39 Å². The van der Waals surface area contributed by atoms with Crippen molar-refractivity contribution >= 4 is 27.3 Å². The Labute approximate surface area is 119 Å². The molecule has 0 aliphatic rings. The van der Waals surface area contributed by atoms with E-state index in [4.69, 9.17) is 0 Å². The van der Waals surface area contributed by atoms with Crippen molar-refractivity contribution in [2.75, 3.05) is 7.05 Å². The number of benzene rings is 1. The van der Waals surface area contributed by atoms with E-state index in [9.17, 15) is 4.39 Å². The van der Waals surface area contributed by atoms with Crippen molar-refractivity contribution in [1.82, 2.24) is 5.32 Å². The van der Waals surface area contributed by atoms with Crippen LogP contribution in [0.5, 0.6) is 0 Å². The van der Waals surface area contributed by atoms with Crippen LogP contribution in [0.2, 0.25) is 0 Å². The average molecular weight is 328 g/mol. The van der Waals surface area contributed by atoms with Gasteiger partial charge in [-0.05, 0) is 65.6 Å². The van der Waals surface area contributed by atoms with Crippen LogP contribution >= 0.6 is 27.3 Å². The van der Waals surface area contributed by atoms with Gasteiger partial charge in [0.05, 0.1) is 3.79 Å². The van der Waals surface area contributed by atoms with Crippen LogP contribution in [0, 0.1) is 12.7 Å². The second-order valence-electron chi connectivity index (χ2n) is 4.28. The molecule has 0 saturated heterocycles. The predicted octanol–water partition coefficient (Wildman–Crippen LogP) is 4.46. The van der Waals surface area contributed by atoms with E-state index in [-0.39, 0.29) is 11.9 Å². The first kappa shape index (κ1) is 13.7. The van der Waals surface area contributed by atoms with Gasteiger partial charge in [-0.15, -0.1) is 11.3 Å². The zero-order valence-corrected chi connectivity index (χ0v) is 12.7. The smallest absolute Gasteiger partial charge is 0.123 e. The van der Waals surface area contributed by atoms with Gasteiger partial charge >= 0.3 is 0 Å². The minimum Gasteiger partial charge on any atom is -0.312 e. The molecule has 1 heterocycles. The van der Waals surface area contributed by atoms with E-state index in [2.05, 4.69) is 34.2 Å². The molecule has 0 bridgehead atoms. The molecule has 0 aliphatic carbocycles. The third-order valence-electron chi connectivity index (χ3n) is 2.90. The summed E-state index contributed by atoms with van der Waals surface area (Å²) in [6, 6.07) is 9.19. The van der Waals surface area contributed by atoms with Gasteiger partial charge in [0, 0.05) is 10.9 Å². The molecule has 0 amide bonds. The van der Waals surface area contributed by atoms with Crippen molar-refractivity contribution in [3.05, 3.63) is 55.9 Å². The summed E-state index contributed by atoms with van der Waals surface area (Å²) in [5, 5.41) is 3.29. The maximum absolute atomic E-state index is 13.2. The number of aryl methyl sites for hydroxylation is 1. The number of thiophene rings is 1. The summed E-state index contributed by atoms with van der Waals surface area (Å²) in [4.78, 5) is 1.27. The molecule has 2 rings (SSSR count). The molecule has 1 unspecified atom stereocenters. The summed E-state index contributed by atoms with van der Waals surface area (Å²) < 4.78 is 14.3. The van der Waals surface area contributed by atoms with E-state index in [0.717, 1.165) is 15.8 Å². The lowest BCUT2D eigenvalue weighted by Crippen LogP contribution is -2.17. The van der Waals surface area contributed by atoms with Crippen LogP contribution in [0.1, 0.15) is 22.0 Å². The largest absolute Gasteiger partial charge is 0.312 e. The number of nitrogens with one attached hydrogen (secondary N) is 1. The summed E-state index contributed by atoms with van der Waals surface area (Å²) in [6.07, 6.45) is 0.792. The summed E-state index contributed by atoms with van der Waals surface area (Å²) in [7, 11) is 1.94. The number of hydrogen-bond donors (Lipinski definition) is 1. The van der Waals surface area contributed by atoms with E-state index in [1.165, 1.54) is 16.5 Å². The molecule has 18 heavy (non-hydrogen) atoms. The van der Waals surface area contributed by atoms with E-state index in [1.54, 1.807) is 23.5 Å². The molecule has 0 radical (unpaired) electrons.